The van der Waals surface area contributed by atoms with Gasteiger partial charge in [-0.05, 0) is 0 Å². The number of carbonyl (C=O) groups excluding carboxylic acids is 2. The minimum absolute atomic E-state index is 0. The van der Waals surface area contributed by atoms with Crippen LogP contribution in [0.5, 0.6) is 0 Å². The van der Waals surface area contributed by atoms with Gasteiger partial charge in [-0.3, -0.25) is 0 Å². The Hall–Kier alpha value is -0.160. The second-order valence-corrected chi connectivity index (χ2v) is 1.07. The van der Waals surface area contributed by atoms with Gasteiger partial charge in [0.15, 0.2) is 0 Å². The SMILES string of the molecule is O=C1C=CC(=O)O1.[Na+].[OH-]. The molecule has 5 heteroatoms. The third-order valence-electron chi connectivity index (χ3n) is 0.557. The predicted molar refractivity (Wildman–Crippen MR) is 22.2 cm³/mol. The van der Waals surface area contributed by atoms with Crippen LogP contribution < -0.4 is 29.6 Å². The molecule has 1 heterocycles. The molecule has 1 rings (SSSR count). The van der Waals surface area contributed by atoms with E-state index in [4.69, 9.17) is 0 Å². The first-order valence-electron chi connectivity index (χ1n) is 1.73. The van der Waals surface area contributed by atoms with E-state index >= 15 is 0 Å². The maximum atomic E-state index is 9.92. The molecule has 0 amide bonds. The minimum atomic E-state index is -0.579. The molecule has 0 aromatic heterocycles. The summed E-state index contributed by atoms with van der Waals surface area (Å²) in [6.07, 6.45) is 2.17. The molecule has 44 valence electrons. The smallest absolute Gasteiger partial charge is 0.870 e. The number of hydrogen-bond donors (Lipinski definition) is 0. The molecule has 0 saturated carbocycles. The third kappa shape index (κ3) is 3.42. The van der Waals surface area contributed by atoms with E-state index in [1.165, 1.54) is 0 Å². The molecule has 0 radical (unpaired) electrons. The molecular weight excluding hydrogens is 135 g/mol. The molecule has 4 nitrogen and oxygen atoms in total. The summed E-state index contributed by atoms with van der Waals surface area (Å²) in [7, 11) is 0. The van der Waals surface area contributed by atoms with Crippen molar-refractivity contribution in [3.63, 3.8) is 0 Å². The van der Waals surface area contributed by atoms with Crippen molar-refractivity contribution in [2.24, 2.45) is 0 Å². The zero-order valence-corrected chi connectivity index (χ0v) is 6.83. The summed E-state index contributed by atoms with van der Waals surface area (Å²) in [5.41, 5.74) is 0. The quantitative estimate of drug-likeness (QED) is 0.197. The van der Waals surface area contributed by atoms with Crippen molar-refractivity contribution in [2.45, 2.75) is 0 Å². The maximum Gasteiger partial charge on any atom is 1.00 e. The summed E-state index contributed by atoms with van der Waals surface area (Å²) in [5.74, 6) is -1.16. The van der Waals surface area contributed by atoms with Gasteiger partial charge < -0.3 is 10.2 Å². The second-order valence-electron chi connectivity index (χ2n) is 1.07. The topological polar surface area (TPSA) is 73.4 Å². The van der Waals surface area contributed by atoms with Gasteiger partial charge in [-0.2, -0.15) is 0 Å². The van der Waals surface area contributed by atoms with Crippen LogP contribution >= 0.6 is 0 Å². The zero-order chi connectivity index (χ0) is 5.28. The summed E-state index contributed by atoms with van der Waals surface area (Å²) in [6, 6.07) is 0. The van der Waals surface area contributed by atoms with Crippen LogP contribution in [0, 0.1) is 0 Å². The van der Waals surface area contributed by atoms with Crippen molar-refractivity contribution in [3.8, 4) is 0 Å². The standard InChI is InChI=1S/C4H2O3.Na.H2O/c5-3-1-2-4(6)7-3;;/h1-2H;;1H2/q;+1;/p-1. The van der Waals surface area contributed by atoms with E-state index in [2.05, 4.69) is 4.74 Å². The van der Waals surface area contributed by atoms with Gasteiger partial charge in [-0.15, -0.1) is 0 Å². The fraction of sp³-hybridized carbons (Fsp3) is 0. The van der Waals surface area contributed by atoms with Crippen LogP contribution in [0.25, 0.3) is 0 Å². The van der Waals surface area contributed by atoms with Gasteiger partial charge in [-0.1, -0.05) is 0 Å². The van der Waals surface area contributed by atoms with E-state index in [1.54, 1.807) is 0 Å². The first kappa shape index (κ1) is 11.6. The van der Waals surface area contributed by atoms with Crippen LogP contribution in [-0.4, -0.2) is 17.4 Å². The van der Waals surface area contributed by atoms with E-state index in [1.807, 2.05) is 0 Å². The summed E-state index contributed by atoms with van der Waals surface area (Å²) in [6.45, 7) is 0. The summed E-state index contributed by atoms with van der Waals surface area (Å²) >= 11 is 0. The fourth-order valence-corrected chi connectivity index (χ4v) is 0.303. The Balaban J connectivity index is 0. The fourth-order valence-electron chi connectivity index (χ4n) is 0.303. The van der Waals surface area contributed by atoms with Crippen molar-refractivity contribution in [1.82, 2.24) is 0 Å². The molecule has 0 aromatic carbocycles. The van der Waals surface area contributed by atoms with Gasteiger partial charge in [0.1, 0.15) is 0 Å². The van der Waals surface area contributed by atoms with Gasteiger partial charge in [0.2, 0.25) is 0 Å². The Morgan fingerprint density at radius 1 is 1.11 bits per heavy atom. The van der Waals surface area contributed by atoms with Crippen LogP contribution in [0.4, 0.5) is 0 Å². The average molecular weight is 138 g/mol. The number of carbonyl (C=O) groups is 2. The van der Waals surface area contributed by atoms with Crippen molar-refractivity contribution in [3.05, 3.63) is 12.2 Å². The molecule has 1 aliphatic rings. The second kappa shape index (κ2) is 4.69. The number of rotatable bonds is 0. The van der Waals surface area contributed by atoms with Crippen LogP contribution in [0.15, 0.2) is 12.2 Å². The van der Waals surface area contributed by atoms with Gasteiger partial charge in [0, 0.05) is 12.2 Å². The van der Waals surface area contributed by atoms with E-state index in [9.17, 15) is 9.59 Å². The minimum Gasteiger partial charge on any atom is -0.870 e. The monoisotopic (exact) mass is 138 g/mol. The zero-order valence-electron chi connectivity index (χ0n) is 4.83. The molecule has 0 spiro atoms. The molecule has 0 bridgehead atoms. The van der Waals surface area contributed by atoms with E-state index in [0.717, 1.165) is 12.2 Å². The third-order valence-corrected chi connectivity index (χ3v) is 0.557. The van der Waals surface area contributed by atoms with Gasteiger partial charge >= 0.3 is 41.5 Å². The van der Waals surface area contributed by atoms with Crippen LogP contribution in [0.2, 0.25) is 0 Å². The molecular formula is C4H3NaO4. The Morgan fingerprint density at radius 2 is 1.44 bits per heavy atom. The van der Waals surface area contributed by atoms with Crippen LogP contribution in [0.1, 0.15) is 0 Å². The largest absolute Gasteiger partial charge is 1.00 e. The molecule has 0 saturated heterocycles. The number of cyclic esters (lactones) is 2. The number of esters is 2. The van der Waals surface area contributed by atoms with Crippen molar-refractivity contribution in [2.75, 3.05) is 0 Å². The summed E-state index contributed by atoms with van der Waals surface area (Å²) in [4.78, 5) is 19.8. The maximum absolute atomic E-state index is 9.92. The number of ether oxygens (including phenoxy) is 1. The Kier molecular flexibility index (Phi) is 6.06. The predicted octanol–water partition coefficient (Wildman–Crippen LogP) is -3.55. The van der Waals surface area contributed by atoms with E-state index in [-0.39, 0.29) is 35.0 Å². The van der Waals surface area contributed by atoms with Gasteiger partial charge in [-0.25, -0.2) is 9.59 Å². The molecule has 0 fully saturated rings. The summed E-state index contributed by atoms with van der Waals surface area (Å²) in [5, 5.41) is 0. The normalized spacial score (nSPS) is 13.8. The molecule has 0 aliphatic carbocycles. The molecule has 0 atom stereocenters. The molecule has 9 heavy (non-hydrogen) atoms. The first-order valence-corrected chi connectivity index (χ1v) is 1.73. The van der Waals surface area contributed by atoms with Gasteiger partial charge in [0.05, 0.1) is 0 Å². The molecule has 0 unspecified atom stereocenters. The number of hydrogen-bond acceptors (Lipinski definition) is 4. The van der Waals surface area contributed by atoms with E-state index < -0.39 is 11.9 Å². The Labute approximate surface area is 73.5 Å². The first-order chi connectivity index (χ1) is 3.29. The summed E-state index contributed by atoms with van der Waals surface area (Å²) < 4.78 is 3.97. The van der Waals surface area contributed by atoms with Gasteiger partial charge in [0.25, 0.3) is 0 Å². The molecule has 1 N–H and O–H groups in total. The molecule has 0 aromatic rings. The van der Waals surface area contributed by atoms with Crippen molar-refractivity contribution >= 4 is 11.9 Å². The molecule has 1 aliphatic heterocycles. The Bertz CT molecular complexity index is 135. The van der Waals surface area contributed by atoms with Crippen LogP contribution in [0.3, 0.4) is 0 Å². The van der Waals surface area contributed by atoms with Crippen molar-refractivity contribution < 1.29 is 49.4 Å². The van der Waals surface area contributed by atoms with E-state index in [0.29, 0.717) is 0 Å². The van der Waals surface area contributed by atoms with Crippen LogP contribution in [-0.2, 0) is 14.3 Å². The van der Waals surface area contributed by atoms with Crippen molar-refractivity contribution in [1.29, 1.82) is 0 Å². The average Bonchev–Trinajstić information content (AvgIpc) is 1.87. The Morgan fingerprint density at radius 3 is 1.56 bits per heavy atom.